The SMILES string of the molecule is CCC(=O)NCCN1C(=O)[C@@](C)(COC)Oc2cc(C(F)(F)F)c(C(=O)N(C(C)C)[C@@H]3CCCN(C(=O)OC(OC(=O)CC)C(C)C)C3)cc21. The Morgan fingerprint density at radius 3 is 2.34 bits per heavy atom. The van der Waals surface area contributed by atoms with Crippen LogP contribution in [0.4, 0.5) is 23.7 Å². The molecule has 50 heavy (non-hydrogen) atoms. The Balaban J connectivity index is 2.02. The van der Waals surface area contributed by atoms with Crippen LogP contribution in [0.2, 0.25) is 0 Å². The van der Waals surface area contributed by atoms with Crippen LogP contribution in [-0.4, -0.2) is 103 Å². The van der Waals surface area contributed by atoms with Crippen LogP contribution in [0.15, 0.2) is 12.1 Å². The maximum absolute atomic E-state index is 14.7. The van der Waals surface area contributed by atoms with Gasteiger partial charge < -0.3 is 39.0 Å². The number of fused-ring (bicyclic) bond motifs is 1. The smallest absolute Gasteiger partial charge is 0.417 e. The van der Waals surface area contributed by atoms with Crippen LogP contribution < -0.4 is 15.0 Å². The van der Waals surface area contributed by atoms with Crippen molar-refractivity contribution in [2.45, 2.75) is 104 Å². The molecule has 0 saturated carbocycles. The van der Waals surface area contributed by atoms with E-state index in [9.17, 15) is 37.1 Å². The van der Waals surface area contributed by atoms with Crippen LogP contribution in [0.5, 0.6) is 5.75 Å². The molecule has 1 aromatic carbocycles. The zero-order chi connectivity index (χ0) is 37.6. The first-order valence-electron chi connectivity index (χ1n) is 16.9. The van der Waals surface area contributed by atoms with E-state index in [-0.39, 0.29) is 68.9 Å². The van der Waals surface area contributed by atoms with Crippen molar-refractivity contribution >= 4 is 35.5 Å². The second kappa shape index (κ2) is 16.8. The Kier molecular flexibility index (Phi) is 13.5. The van der Waals surface area contributed by atoms with Crippen LogP contribution in [0.25, 0.3) is 0 Å². The van der Waals surface area contributed by atoms with Crippen molar-refractivity contribution in [1.29, 1.82) is 0 Å². The van der Waals surface area contributed by atoms with Gasteiger partial charge >= 0.3 is 18.2 Å². The minimum Gasteiger partial charge on any atom is -0.473 e. The Bertz CT molecular complexity index is 1420. The first kappa shape index (κ1) is 40.4. The topological polar surface area (TPSA) is 144 Å². The van der Waals surface area contributed by atoms with E-state index in [0.29, 0.717) is 18.9 Å². The van der Waals surface area contributed by atoms with Crippen molar-refractivity contribution in [2.75, 3.05) is 44.8 Å². The molecule has 13 nitrogen and oxygen atoms in total. The highest BCUT2D eigenvalue weighted by Gasteiger charge is 2.48. The molecule has 280 valence electrons. The van der Waals surface area contributed by atoms with Gasteiger partial charge in [-0.1, -0.05) is 27.7 Å². The number of ether oxygens (including phenoxy) is 4. The number of anilines is 1. The van der Waals surface area contributed by atoms with E-state index in [1.54, 1.807) is 41.5 Å². The van der Waals surface area contributed by atoms with Crippen molar-refractivity contribution < 1.29 is 56.1 Å². The number of carbonyl (C=O) groups is 5. The summed E-state index contributed by atoms with van der Waals surface area (Å²) in [7, 11) is 1.32. The van der Waals surface area contributed by atoms with E-state index >= 15 is 0 Å². The summed E-state index contributed by atoms with van der Waals surface area (Å²) in [5.41, 5.74) is -3.71. The molecule has 0 bridgehead atoms. The van der Waals surface area contributed by atoms with Crippen molar-refractivity contribution in [3.05, 3.63) is 23.3 Å². The van der Waals surface area contributed by atoms with E-state index < -0.39 is 65.2 Å². The highest BCUT2D eigenvalue weighted by molar-refractivity contribution is 6.05. The number of piperidine rings is 1. The number of rotatable bonds is 13. The largest absolute Gasteiger partial charge is 0.473 e. The average molecular weight is 715 g/mol. The van der Waals surface area contributed by atoms with Gasteiger partial charge in [0.2, 0.25) is 11.5 Å². The summed E-state index contributed by atoms with van der Waals surface area (Å²) in [6, 6.07) is 0.428. The molecule has 3 rings (SSSR count). The minimum atomic E-state index is -4.99. The van der Waals surface area contributed by atoms with Gasteiger partial charge in [0.05, 0.1) is 29.5 Å². The third kappa shape index (κ3) is 9.37. The Morgan fingerprint density at radius 2 is 1.78 bits per heavy atom. The third-order valence-corrected chi connectivity index (χ3v) is 8.49. The normalized spacial score (nSPS) is 19.9. The number of methoxy groups -OCH3 is 1. The fourth-order valence-electron chi connectivity index (χ4n) is 5.97. The summed E-state index contributed by atoms with van der Waals surface area (Å²) >= 11 is 0. The summed E-state index contributed by atoms with van der Waals surface area (Å²) in [6.07, 6.45) is -5.83. The minimum absolute atomic E-state index is 0.00729. The van der Waals surface area contributed by atoms with Gasteiger partial charge in [-0.15, -0.1) is 0 Å². The lowest BCUT2D eigenvalue weighted by atomic mass is 9.96. The summed E-state index contributed by atoms with van der Waals surface area (Å²) in [5.74, 6) is -3.03. The number of amides is 4. The van der Waals surface area contributed by atoms with Gasteiger partial charge in [-0.25, -0.2) is 4.79 Å². The number of nitrogens with zero attached hydrogens (tertiary/aromatic N) is 3. The molecule has 3 atom stereocenters. The van der Waals surface area contributed by atoms with Crippen LogP contribution in [-0.2, 0) is 34.8 Å². The number of esters is 1. The van der Waals surface area contributed by atoms with Gasteiger partial charge in [-0.05, 0) is 45.7 Å². The second-order valence-corrected chi connectivity index (χ2v) is 13.2. The van der Waals surface area contributed by atoms with Gasteiger partial charge in [0, 0.05) is 58.1 Å². The van der Waals surface area contributed by atoms with E-state index in [2.05, 4.69) is 5.32 Å². The summed E-state index contributed by atoms with van der Waals surface area (Å²) in [4.78, 5) is 68.9. The fourth-order valence-corrected chi connectivity index (χ4v) is 5.97. The van der Waals surface area contributed by atoms with Crippen molar-refractivity contribution in [3.8, 4) is 5.75 Å². The summed E-state index contributed by atoms with van der Waals surface area (Å²) < 4.78 is 65.9. The number of benzene rings is 1. The number of hydrogen-bond acceptors (Lipinski definition) is 9. The number of nitrogens with one attached hydrogen (secondary N) is 1. The van der Waals surface area contributed by atoms with Crippen molar-refractivity contribution in [3.63, 3.8) is 0 Å². The van der Waals surface area contributed by atoms with Gasteiger partial charge in [0.25, 0.3) is 18.1 Å². The van der Waals surface area contributed by atoms with E-state index in [4.69, 9.17) is 18.9 Å². The molecule has 1 saturated heterocycles. The van der Waals surface area contributed by atoms with Crippen LogP contribution >= 0.6 is 0 Å². The zero-order valence-electron chi connectivity index (χ0n) is 30.0. The highest BCUT2D eigenvalue weighted by Crippen LogP contribution is 2.44. The highest BCUT2D eigenvalue weighted by atomic mass is 19.4. The number of halogens is 3. The first-order chi connectivity index (χ1) is 23.4. The van der Waals surface area contributed by atoms with Gasteiger partial charge in [0.1, 0.15) is 5.75 Å². The molecule has 4 amide bonds. The Labute approximate surface area is 290 Å². The molecule has 1 unspecified atom stereocenters. The number of carbonyl (C=O) groups excluding carboxylic acids is 5. The van der Waals surface area contributed by atoms with Crippen LogP contribution in [0.1, 0.15) is 90.1 Å². The molecule has 0 spiro atoms. The second-order valence-electron chi connectivity index (χ2n) is 13.2. The summed E-state index contributed by atoms with van der Waals surface area (Å²) in [6.45, 7) is 11.2. The average Bonchev–Trinajstić information content (AvgIpc) is 3.05. The molecule has 0 aromatic heterocycles. The predicted octanol–water partition coefficient (Wildman–Crippen LogP) is 4.75. The van der Waals surface area contributed by atoms with E-state index in [1.165, 1.54) is 28.7 Å². The third-order valence-electron chi connectivity index (χ3n) is 8.49. The lowest BCUT2D eigenvalue weighted by Crippen LogP contribution is -2.58. The van der Waals surface area contributed by atoms with Crippen molar-refractivity contribution in [2.24, 2.45) is 5.92 Å². The monoisotopic (exact) mass is 714 g/mol. The molecule has 2 aliphatic heterocycles. The molecule has 2 heterocycles. The molecule has 1 N–H and O–H groups in total. The molecular formula is C34H49F3N4O9. The Morgan fingerprint density at radius 1 is 1.10 bits per heavy atom. The van der Waals surface area contributed by atoms with Crippen molar-refractivity contribution in [1.82, 2.24) is 15.1 Å². The lowest BCUT2D eigenvalue weighted by Gasteiger charge is -2.42. The Hall–Kier alpha value is -4.08. The lowest BCUT2D eigenvalue weighted by molar-refractivity contribution is -0.176. The summed E-state index contributed by atoms with van der Waals surface area (Å²) in [5, 5.41) is 2.66. The number of likely N-dealkylation sites (tertiary alicyclic amines) is 1. The maximum Gasteiger partial charge on any atom is 0.417 e. The van der Waals surface area contributed by atoms with Gasteiger partial charge in [-0.3, -0.25) is 19.2 Å². The predicted molar refractivity (Wildman–Crippen MR) is 175 cm³/mol. The zero-order valence-corrected chi connectivity index (χ0v) is 30.0. The molecule has 1 aromatic rings. The number of alkyl halides is 3. The number of hydrogen-bond donors (Lipinski definition) is 1. The molecule has 0 aliphatic carbocycles. The fraction of sp³-hybridized carbons (Fsp3) is 0.676. The molecule has 16 heteroatoms. The molecular weight excluding hydrogens is 665 g/mol. The van der Waals surface area contributed by atoms with Crippen LogP contribution in [0, 0.1) is 5.92 Å². The first-order valence-corrected chi connectivity index (χ1v) is 16.9. The maximum atomic E-state index is 14.7. The van der Waals surface area contributed by atoms with Crippen LogP contribution in [0.3, 0.4) is 0 Å². The quantitative estimate of drug-likeness (QED) is 0.226. The van der Waals surface area contributed by atoms with Gasteiger partial charge in [0.15, 0.2) is 0 Å². The molecule has 1 fully saturated rings. The van der Waals surface area contributed by atoms with E-state index in [1.807, 2.05) is 0 Å². The van der Waals surface area contributed by atoms with Gasteiger partial charge in [-0.2, -0.15) is 13.2 Å². The van der Waals surface area contributed by atoms with E-state index in [0.717, 1.165) is 6.07 Å². The molecule has 2 aliphatic rings. The standard InChI is InChI=1S/C34H49F3N4O9/c1-9-27(42)38-13-15-40-25-16-23(24(34(35,36)37)17-26(25)50-33(7,19-47-8)31(40)45)29(44)41(21(5)6)22-12-11-14-39(18-22)32(46)49-30(20(3)4)48-28(43)10-2/h16-17,20-22,30H,9-15,18-19H2,1-8H3,(H,38,42)/t22-,30?,33-/m1/s1. The molecule has 0 radical (unpaired) electrons.